The van der Waals surface area contributed by atoms with Crippen LogP contribution in [-0.2, 0) is 15.3 Å². The highest BCUT2D eigenvalue weighted by Crippen LogP contribution is 2.42. The van der Waals surface area contributed by atoms with E-state index in [4.69, 9.17) is 14.6 Å². The minimum Gasteiger partial charge on any atom is -0.493 e. The van der Waals surface area contributed by atoms with Crippen LogP contribution in [0.1, 0.15) is 55.7 Å². The molecular weight excluding hydrogens is 602 g/mol. The Bertz CT molecular complexity index is 1790. The Morgan fingerprint density at radius 2 is 1.63 bits per heavy atom. The normalized spacial score (nSPS) is 14.8. The molecule has 11 heteroatoms. The number of hydrogen-bond acceptors (Lipinski definition) is 7. The van der Waals surface area contributed by atoms with E-state index in [9.17, 15) is 13.2 Å². The van der Waals surface area contributed by atoms with Crippen molar-refractivity contribution in [2.75, 3.05) is 37.9 Å². The first-order valence-electron chi connectivity index (χ1n) is 15.4. The van der Waals surface area contributed by atoms with E-state index in [1.165, 1.54) is 20.3 Å². The Morgan fingerprint density at radius 1 is 0.935 bits per heavy atom. The number of benzene rings is 3. The summed E-state index contributed by atoms with van der Waals surface area (Å²) in [6.07, 6.45) is 1.41. The summed E-state index contributed by atoms with van der Waals surface area (Å²) >= 11 is 0. The lowest BCUT2D eigenvalue weighted by Crippen LogP contribution is -2.33. The van der Waals surface area contributed by atoms with Gasteiger partial charge in [0, 0.05) is 23.2 Å². The number of sulfone groups is 1. The molecule has 2 heterocycles. The maximum atomic E-state index is 14.3. The van der Waals surface area contributed by atoms with Gasteiger partial charge >= 0.3 is 6.03 Å². The van der Waals surface area contributed by atoms with E-state index in [0.717, 1.165) is 30.0 Å². The third kappa shape index (κ3) is 7.21. The number of anilines is 2. The summed E-state index contributed by atoms with van der Waals surface area (Å²) < 4.78 is 41.1. The fraction of sp³-hybridized carbons (Fsp3) is 0.371. The van der Waals surface area contributed by atoms with Gasteiger partial charge in [-0.3, -0.25) is 5.32 Å². The highest BCUT2D eigenvalue weighted by atomic mass is 32.2. The van der Waals surface area contributed by atoms with Gasteiger partial charge in [-0.2, -0.15) is 5.10 Å². The average Bonchev–Trinajstić information content (AvgIpc) is 3.46. The lowest BCUT2D eigenvalue weighted by molar-refractivity contribution is 0.262. The first-order chi connectivity index (χ1) is 21.9. The fourth-order valence-corrected chi connectivity index (χ4v) is 7.89. The second-order valence-electron chi connectivity index (χ2n) is 12.7. The van der Waals surface area contributed by atoms with Crippen molar-refractivity contribution in [3.8, 4) is 17.2 Å². The van der Waals surface area contributed by atoms with Crippen LogP contribution in [0.15, 0.2) is 77.7 Å². The minimum atomic E-state index is -3.86. The Hall–Kier alpha value is -4.35. The number of ether oxygens (including phenoxy) is 2. The molecule has 46 heavy (non-hydrogen) atoms. The lowest BCUT2D eigenvalue weighted by Gasteiger charge is -2.31. The zero-order chi connectivity index (χ0) is 33.1. The average molecular weight is 646 g/mol. The number of methoxy groups -OCH3 is 2. The highest BCUT2D eigenvalue weighted by molar-refractivity contribution is 7.91. The van der Waals surface area contributed by atoms with Crippen molar-refractivity contribution < 1.29 is 22.7 Å². The van der Waals surface area contributed by atoms with Crippen LogP contribution in [0, 0.1) is 12.8 Å². The van der Waals surface area contributed by atoms with Crippen molar-refractivity contribution in [3.63, 3.8) is 0 Å². The van der Waals surface area contributed by atoms with E-state index in [1.807, 2.05) is 43.3 Å². The number of aromatic nitrogens is 2. The van der Waals surface area contributed by atoms with Gasteiger partial charge in [0.15, 0.2) is 21.3 Å². The molecule has 0 spiro atoms. The number of piperidine rings is 1. The van der Waals surface area contributed by atoms with Crippen LogP contribution in [0.3, 0.4) is 0 Å². The number of hydrogen-bond donors (Lipinski definition) is 3. The fourth-order valence-electron chi connectivity index (χ4n) is 5.78. The number of nitrogens with one attached hydrogen (secondary N) is 3. The number of aryl methyl sites for hydroxylation is 1. The molecule has 1 saturated heterocycles. The summed E-state index contributed by atoms with van der Waals surface area (Å²) in [5.41, 5.74) is 3.63. The molecule has 2 amide bonds. The molecule has 0 saturated carbocycles. The summed E-state index contributed by atoms with van der Waals surface area (Å²) in [5, 5.41) is 13.2. The maximum Gasteiger partial charge on any atom is 0.324 e. The molecule has 4 aromatic rings. The van der Waals surface area contributed by atoms with Gasteiger partial charge in [-0.1, -0.05) is 50.6 Å². The van der Waals surface area contributed by atoms with Crippen molar-refractivity contribution >= 4 is 27.4 Å². The predicted molar refractivity (Wildman–Crippen MR) is 181 cm³/mol. The molecule has 1 aliphatic rings. The third-order valence-electron chi connectivity index (χ3n) is 8.30. The van der Waals surface area contributed by atoms with Gasteiger partial charge in [-0.05, 0) is 80.7 Å². The Labute approximate surface area is 271 Å². The largest absolute Gasteiger partial charge is 0.493 e. The van der Waals surface area contributed by atoms with Gasteiger partial charge in [-0.15, -0.1) is 0 Å². The third-order valence-corrected chi connectivity index (χ3v) is 10.5. The summed E-state index contributed by atoms with van der Waals surface area (Å²) in [4.78, 5) is 13.6. The smallest absolute Gasteiger partial charge is 0.324 e. The van der Waals surface area contributed by atoms with Crippen molar-refractivity contribution in [2.24, 2.45) is 5.92 Å². The molecule has 1 aromatic heterocycles. The quantitative estimate of drug-likeness (QED) is 0.186. The van der Waals surface area contributed by atoms with Crippen molar-refractivity contribution in [1.29, 1.82) is 0 Å². The van der Waals surface area contributed by atoms with Crippen molar-refractivity contribution in [1.82, 2.24) is 15.1 Å². The van der Waals surface area contributed by atoms with Crippen LogP contribution >= 0.6 is 0 Å². The van der Waals surface area contributed by atoms with Crippen LogP contribution < -0.4 is 25.4 Å². The van der Waals surface area contributed by atoms with Gasteiger partial charge in [-0.25, -0.2) is 17.9 Å². The second-order valence-corrected chi connectivity index (χ2v) is 14.8. The Kier molecular flexibility index (Phi) is 9.74. The number of carbonyl (C=O) groups excluding carboxylic acids is 1. The zero-order valence-corrected chi connectivity index (χ0v) is 28.1. The molecule has 1 aliphatic heterocycles. The summed E-state index contributed by atoms with van der Waals surface area (Å²) in [5.74, 6) is 1.20. The van der Waals surface area contributed by atoms with Crippen LogP contribution in [0.5, 0.6) is 11.5 Å². The minimum absolute atomic E-state index is 0.122. The first-order valence-corrected chi connectivity index (χ1v) is 17.0. The first kappa shape index (κ1) is 33.0. The zero-order valence-electron chi connectivity index (χ0n) is 27.3. The summed E-state index contributed by atoms with van der Waals surface area (Å²) in [7, 11) is -0.864. The van der Waals surface area contributed by atoms with E-state index in [1.54, 1.807) is 35.0 Å². The van der Waals surface area contributed by atoms with Crippen molar-refractivity contribution in [3.05, 3.63) is 89.6 Å². The molecule has 0 radical (unpaired) electrons. The highest BCUT2D eigenvalue weighted by Gasteiger charge is 2.37. The van der Waals surface area contributed by atoms with Crippen LogP contribution in [-0.4, -0.2) is 51.5 Å². The molecule has 3 N–H and O–H groups in total. The van der Waals surface area contributed by atoms with Gasteiger partial charge in [0.05, 0.1) is 35.7 Å². The van der Waals surface area contributed by atoms with Gasteiger partial charge in [0.2, 0.25) is 0 Å². The second kappa shape index (κ2) is 13.6. The number of carbonyl (C=O) groups is 1. The molecular formula is C35H43N5O5S. The van der Waals surface area contributed by atoms with Crippen LogP contribution in [0.2, 0.25) is 0 Å². The molecule has 0 aliphatic carbocycles. The standard InChI is InChI=1S/C35H43N5O5S/c1-23-10-12-27(13-11-23)40-32(22-31(39-40)35(2,3)4)38-34(41)37-26-9-7-8-25(20-26)33(24-16-18-36-19-17-24)46(42,43)28-14-15-29(44-5)30(21-28)45-6/h7-15,20-22,24,33,36H,16-19H2,1-6H3,(H2,37,38,41). The molecule has 244 valence electrons. The molecule has 1 atom stereocenters. The Morgan fingerprint density at radius 3 is 2.28 bits per heavy atom. The lowest BCUT2D eigenvalue weighted by atomic mass is 9.90. The Balaban J connectivity index is 1.45. The molecule has 10 nitrogen and oxygen atoms in total. The van der Waals surface area contributed by atoms with Gasteiger partial charge in [0.1, 0.15) is 5.82 Å². The van der Waals surface area contributed by atoms with Gasteiger partial charge < -0.3 is 20.1 Å². The monoisotopic (exact) mass is 645 g/mol. The summed E-state index contributed by atoms with van der Waals surface area (Å²) in [6.45, 7) is 9.68. The van der Waals surface area contributed by atoms with Gasteiger partial charge in [0.25, 0.3) is 0 Å². The predicted octanol–water partition coefficient (Wildman–Crippen LogP) is 6.65. The van der Waals surface area contributed by atoms with E-state index >= 15 is 0 Å². The van der Waals surface area contributed by atoms with Crippen LogP contribution in [0.25, 0.3) is 5.69 Å². The van der Waals surface area contributed by atoms with E-state index in [-0.39, 0.29) is 16.2 Å². The molecule has 5 rings (SSSR count). The molecule has 0 bridgehead atoms. The van der Waals surface area contributed by atoms with Crippen LogP contribution in [0.4, 0.5) is 16.3 Å². The summed E-state index contributed by atoms with van der Waals surface area (Å²) in [6, 6.07) is 21.1. The topological polar surface area (TPSA) is 124 Å². The van der Waals surface area contributed by atoms with E-state index in [0.29, 0.717) is 41.4 Å². The van der Waals surface area contributed by atoms with E-state index in [2.05, 4.69) is 36.7 Å². The SMILES string of the molecule is COc1ccc(S(=O)(=O)C(c2cccc(NC(=O)Nc3cc(C(C)(C)C)nn3-c3ccc(C)cc3)c2)C2CCNCC2)cc1OC. The molecule has 1 unspecified atom stereocenters. The van der Waals surface area contributed by atoms with Crippen molar-refractivity contribution in [2.45, 2.75) is 56.1 Å². The molecule has 1 fully saturated rings. The number of amides is 2. The van der Waals surface area contributed by atoms with E-state index < -0.39 is 21.1 Å². The number of urea groups is 1. The molecule has 3 aromatic carbocycles. The number of nitrogens with zero attached hydrogens (tertiary/aromatic N) is 2. The number of rotatable bonds is 9. The maximum absolute atomic E-state index is 14.3.